The Morgan fingerprint density at radius 3 is 3.00 bits per heavy atom. The predicted molar refractivity (Wildman–Crippen MR) is 108 cm³/mol. The Morgan fingerprint density at radius 1 is 1.19 bits per heavy atom. The number of aromatic nitrogens is 2. The van der Waals surface area contributed by atoms with Crippen LogP contribution in [0.4, 0.5) is 0 Å². The van der Waals surface area contributed by atoms with E-state index in [1.54, 1.807) is 0 Å². The van der Waals surface area contributed by atoms with Crippen molar-refractivity contribution >= 4 is 10.9 Å². The minimum absolute atomic E-state index is 0.380. The first-order chi connectivity index (χ1) is 13.3. The van der Waals surface area contributed by atoms with E-state index in [1.807, 2.05) is 6.20 Å². The summed E-state index contributed by atoms with van der Waals surface area (Å²) in [5.74, 6) is 1.51. The van der Waals surface area contributed by atoms with Gasteiger partial charge in [0.2, 0.25) is 5.88 Å². The Hall–Kier alpha value is -2.33. The van der Waals surface area contributed by atoms with E-state index in [-0.39, 0.29) is 0 Å². The van der Waals surface area contributed by atoms with Crippen LogP contribution >= 0.6 is 0 Å². The molecule has 2 aromatic heterocycles. The number of rotatable bonds is 6. The van der Waals surface area contributed by atoms with Crippen LogP contribution in [0.2, 0.25) is 0 Å². The van der Waals surface area contributed by atoms with Gasteiger partial charge in [0.15, 0.2) is 0 Å². The summed E-state index contributed by atoms with van der Waals surface area (Å²) in [5.41, 5.74) is 6.70. The fraction of sp³-hybridized carbons (Fsp3) is 0.435. The molecular weight excluding hydrogens is 334 g/mol. The largest absolute Gasteiger partial charge is 0.477 e. The molecule has 140 valence electrons. The average molecular weight is 361 g/mol. The molecule has 2 aliphatic carbocycles. The van der Waals surface area contributed by atoms with Crippen LogP contribution < -0.4 is 10.1 Å². The van der Waals surface area contributed by atoms with E-state index < -0.39 is 0 Å². The van der Waals surface area contributed by atoms with Crippen LogP contribution in [0.15, 0.2) is 36.5 Å². The van der Waals surface area contributed by atoms with Crippen molar-refractivity contribution in [1.29, 1.82) is 0 Å². The highest BCUT2D eigenvalue weighted by atomic mass is 16.5. The van der Waals surface area contributed by atoms with Gasteiger partial charge in [-0.15, -0.1) is 0 Å². The first kappa shape index (κ1) is 16.8. The second-order valence-electron chi connectivity index (χ2n) is 8.15. The lowest BCUT2D eigenvalue weighted by Gasteiger charge is -2.24. The number of H-pyrrole nitrogens is 1. The molecule has 1 atom stereocenters. The SMILES string of the molecule is Cc1ccc2[nH]c3c(c2c1)CCCC3NCc1ccnc(OCC2CC2)c1. The second-order valence-corrected chi connectivity index (χ2v) is 8.15. The van der Waals surface area contributed by atoms with Gasteiger partial charge in [-0.2, -0.15) is 0 Å². The van der Waals surface area contributed by atoms with Crippen molar-refractivity contribution in [3.8, 4) is 5.88 Å². The summed E-state index contributed by atoms with van der Waals surface area (Å²) in [7, 11) is 0. The van der Waals surface area contributed by atoms with E-state index in [4.69, 9.17) is 4.74 Å². The molecule has 2 aliphatic rings. The molecule has 0 radical (unpaired) electrons. The Morgan fingerprint density at radius 2 is 2.11 bits per heavy atom. The van der Waals surface area contributed by atoms with Crippen LogP contribution in [-0.2, 0) is 13.0 Å². The fourth-order valence-electron chi connectivity index (χ4n) is 4.15. The van der Waals surface area contributed by atoms with Gasteiger partial charge in [-0.3, -0.25) is 0 Å². The minimum atomic E-state index is 0.380. The molecule has 0 bridgehead atoms. The van der Waals surface area contributed by atoms with Crippen LogP contribution in [0, 0.1) is 12.8 Å². The maximum atomic E-state index is 5.82. The van der Waals surface area contributed by atoms with Crippen LogP contribution in [0.3, 0.4) is 0 Å². The van der Waals surface area contributed by atoms with Crippen LogP contribution in [0.25, 0.3) is 10.9 Å². The van der Waals surface area contributed by atoms with Gasteiger partial charge in [0.05, 0.1) is 6.61 Å². The highest BCUT2D eigenvalue weighted by molar-refractivity contribution is 5.85. The third-order valence-electron chi connectivity index (χ3n) is 5.88. The van der Waals surface area contributed by atoms with Gasteiger partial charge in [0.25, 0.3) is 0 Å². The van der Waals surface area contributed by atoms with E-state index in [0.29, 0.717) is 6.04 Å². The number of aromatic amines is 1. The zero-order valence-electron chi connectivity index (χ0n) is 15.9. The van der Waals surface area contributed by atoms with Gasteiger partial charge in [-0.1, -0.05) is 11.6 Å². The molecule has 1 saturated carbocycles. The van der Waals surface area contributed by atoms with Crippen molar-refractivity contribution in [3.05, 3.63) is 58.9 Å². The molecule has 5 rings (SSSR count). The Bertz CT molecular complexity index is 957. The Labute approximate surface area is 160 Å². The zero-order valence-corrected chi connectivity index (χ0v) is 15.9. The smallest absolute Gasteiger partial charge is 0.213 e. The minimum Gasteiger partial charge on any atom is -0.477 e. The van der Waals surface area contributed by atoms with Crippen molar-refractivity contribution in [2.45, 2.75) is 51.6 Å². The summed E-state index contributed by atoms with van der Waals surface area (Å²) in [6.45, 7) is 3.81. The first-order valence-electron chi connectivity index (χ1n) is 10.2. The average Bonchev–Trinajstić information content (AvgIpc) is 3.45. The number of aryl methyl sites for hydroxylation is 2. The van der Waals surface area contributed by atoms with Crippen molar-refractivity contribution in [2.24, 2.45) is 5.92 Å². The second kappa shape index (κ2) is 7.01. The first-order valence-corrected chi connectivity index (χ1v) is 10.2. The van der Waals surface area contributed by atoms with Gasteiger partial charge in [-0.25, -0.2) is 4.98 Å². The molecular formula is C23H27N3O. The predicted octanol–water partition coefficient (Wildman–Crippen LogP) is 4.83. The maximum Gasteiger partial charge on any atom is 0.213 e. The van der Waals surface area contributed by atoms with Crippen LogP contribution in [-0.4, -0.2) is 16.6 Å². The summed E-state index contributed by atoms with van der Waals surface area (Å²) >= 11 is 0. The zero-order chi connectivity index (χ0) is 18.2. The van der Waals surface area contributed by atoms with E-state index in [2.05, 4.69) is 52.5 Å². The van der Waals surface area contributed by atoms with Gasteiger partial charge in [0, 0.05) is 41.4 Å². The van der Waals surface area contributed by atoms with E-state index in [9.17, 15) is 0 Å². The van der Waals surface area contributed by atoms with E-state index in [0.717, 1.165) is 24.9 Å². The number of benzene rings is 1. The third-order valence-corrected chi connectivity index (χ3v) is 5.88. The summed E-state index contributed by atoms with van der Waals surface area (Å²) in [6.07, 6.45) is 8.04. The molecule has 1 unspecified atom stereocenters. The van der Waals surface area contributed by atoms with Gasteiger partial charge >= 0.3 is 0 Å². The summed E-state index contributed by atoms with van der Waals surface area (Å²) in [5, 5.41) is 5.16. The number of nitrogens with one attached hydrogen (secondary N) is 2. The van der Waals surface area contributed by atoms with E-state index in [1.165, 1.54) is 65.4 Å². The molecule has 3 aromatic rings. The molecule has 0 amide bonds. The molecule has 0 spiro atoms. The van der Waals surface area contributed by atoms with Crippen molar-refractivity contribution < 1.29 is 4.74 Å². The normalized spacial score (nSPS) is 19.2. The molecule has 2 N–H and O–H groups in total. The quantitative estimate of drug-likeness (QED) is 0.661. The van der Waals surface area contributed by atoms with Crippen molar-refractivity contribution in [2.75, 3.05) is 6.61 Å². The third kappa shape index (κ3) is 3.59. The Kier molecular flexibility index (Phi) is 4.36. The lowest BCUT2D eigenvalue weighted by molar-refractivity contribution is 0.288. The van der Waals surface area contributed by atoms with Crippen molar-refractivity contribution in [3.63, 3.8) is 0 Å². The number of nitrogens with zero attached hydrogens (tertiary/aromatic N) is 1. The van der Waals surface area contributed by atoms with E-state index >= 15 is 0 Å². The summed E-state index contributed by atoms with van der Waals surface area (Å²) in [6, 6.07) is 11.3. The van der Waals surface area contributed by atoms with Crippen molar-refractivity contribution in [1.82, 2.24) is 15.3 Å². The highest BCUT2D eigenvalue weighted by Crippen LogP contribution is 2.35. The molecule has 1 fully saturated rings. The van der Waals surface area contributed by atoms with Crippen LogP contribution in [0.1, 0.15) is 54.1 Å². The maximum absolute atomic E-state index is 5.82. The lowest BCUT2D eigenvalue weighted by atomic mass is 9.91. The van der Waals surface area contributed by atoms with Crippen LogP contribution in [0.5, 0.6) is 5.88 Å². The molecule has 4 heteroatoms. The molecule has 4 nitrogen and oxygen atoms in total. The monoisotopic (exact) mass is 361 g/mol. The molecule has 27 heavy (non-hydrogen) atoms. The molecule has 0 saturated heterocycles. The highest BCUT2D eigenvalue weighted by Gasteiger charge is 2.24. The number of hydrogen-bond donors (Lipinski definition) is 2. The summed E-state index contributed by atoms with van der Waals surface area (Å²) < 4.78 is 5.82. The lowest BCUT2D eigenvalue weighted by Crippen LogP contribution is -2.24. The molecule has 1 aromatic carbocycles. The van der Waals surface area contributed by atoms with Gasteiger partial charge < -0.3 is 15.0 Å². The van der Waals surface area contributed by atoms with Gasteiger partial charge in [0.1, 0.15) is 0 Å². The molecule has 2 heterocycles. The Balaban J connectivity index is 1.31. The fourth-order valence-corrected chi connectivity index (χ4v) is 4.15. The summed E-state index contributed by atoms with van der Waals surface area (Å²) in [4.78, 5) is 8.03. The number of hydrogen-bond acceptors (Lipinski definition) is 3. The standard InChI is InChI=1S/C23H27N3O/c1-15-5-8-20-19(11-15)18-3-2-4-21(23(18)26-20)25-13-17-9-10-24-22(12-17)27-14-16-6-7-16/h5,8-12,16,21,25-26H,2-4,6-7,13-14H2,1H3. The number of ether oxygens (including phenoxy) is 1. The van der Waals surface area contributed by atoms with Gasteiger partial charge in [-0.05, 0) is 74.3 Å². The number of pyridine rings is 1. The molecule has 0 aliphatic heterocycles. The topological polar surface area (TPSA) is 49.9 Å². The number of fused-ring (bicyclic) bond motifs is 3.